The van der Waals surface area contributed by atoms with E-state index in [1.165, 1.54) is 7.11 Å². The second kappa shape index (κ2) is 7.13. The Hall–Kier alpha value is -2.28. The van der Waals surface area contributed by atoms with Crippen LogP contribution in [-0.2, 0) is 16.0 Å². The molecule has 0 saturated heterocycles. The minimum atomic E-state index is -1.12. The van der Waals surface area contributed by atoms with Gasteiger partial charge in [0.1, 0.15) is 17.4 Å². The first-order valence-corrected chi connectivity index (χ1v) is 6.77. The molecule has 0 saturated carbocycles. The first-order chi connectivity index (χ1) is 10.1. The molecule has 0 aliphatic rings. The first kappa shape index (κ1) is 17.8. The Morgan fingerprint density at radius 1 is 1.36 bits per heavy atom. The number of methoxy groups -OCH3 is 1. The lowest BCUT2D eigenvalue weighted by atomic mass is 10.0. The van der Waals surface area contributed by atoms with Gasteiger partial charge >= 0.3 is 12.1 Å². The second-order valence-electron chi connectivity index (χ2n) is 5.80. The van der Waals surface area contributed by atoms with Gasteiger partial charge in [-0.05, 0) is 44.5 Å². The predicted molar refractivity (Wildman–Crippen MR) is 82.2 cm³/mol. The fourth-order valence-corrected chi connectivity index (χ4v) is 1.73. The van der Waals surface area contributed by atoms with Gasteiger partial charge in [-0.2, -0.15) is 0 Å². The van der Waals surface area contributed by atoms with Gasteiger partial charge in [0, 0.05) is 12.1 Å². The molecule has 1 aromatic rings. The molecule has 0 heterocycles. The van der Waals surface area contributed by atoms with E-state index in [-0.39, 0.29) is 6.42 Å². The highest BCUT2D eigenvalue weighted by Gasteiger charge is 2.19. The minimum Gasteiger partial charge on any atom is -0.497 e. The molecule has 1 aromatic carbocycles. The number of benzene rings is 1. The molecule has 4 N–H and O–H groups in total. The number of carboxylic acid groups (broad SMARTS) is 1. The van der Waals surface area contributed by atoms with Gasteiger partial charge < -0.3 is 20.3 Å². The third-order valence-corrected chi connectivity index (χ3v) is 2.71. The maximum Gasteiger partial charge on any atom is 0.412 e. The number of carbonyl (C=O) groups is 2. The fraction of sp³-hybridized carbons (Fsp3) is 0.467. The number of hydrogen-bond donors (Lipinski definition) is 3. The Kier molecular flexibility index (Phi) is 5.76. The number of anilines is 1. The lowest BCUT2D eigenvalue weighted by molar-refractivity contribution is -0.138. The zero-order chi connectivity index (χ0) is 16.9. The second-order valence-corrected chi connectivity index (χ2v) is 5.80. The lowest BCUT2D eigenvalue weighted by Crippen LogP contribution is -2.33. The molecule has 0 aliphatic carbocycles. The van der Waals surface area contributed by atoms with Crippen LogP contribution in [0.25, 0.3) is 0 Å². The summed E-state index contributed by atoms with van der Waals surface area (Å²) in [5.74, 6) is -0.576. The molecule has 0 radical (unpaired) electrons. The van der Waals surface area contributed by atoms with Gasteiger partial charge in [-0.1, -0.05) is 0 Å². The Balaban J connectivity index is 2.97. The molecule has 1 rings (SSSR count). The number of nitrogens with two attached hydrogens (primary N) is 1. The summed E-state index contributed by atoms with van der Waals surface area (Å²) in [6, 6.07) is 3.83. The first-order valence-electron chi connectivity index (χ1n) is 6.77. The summed E-state index contributed by atoms with van der Waals surface area (Å²) in [6.45, 7) is 5.26. The molecule has 0 fully saturated rings. The standard InChI is InChI=1S/C15H22N2O5/c1-15(2,3)22-14(20)17-12-6-5-10(21-4)7-9(12)8-11(16)13(18)19/h5-7,11H,8,16H2,1-4H3,(H,17,20)(H,18,19). The Morgan fingerprint density at radius 3 is 2.50 bits per heavy atom. The van der Waals surface area contributed by atoms with E-state index in [9.17, 15) is 9.59 Å². The monoisotopic (exact) mass is 310 g/mol. The normalized spacial score (nSPS) is 12.4. The molecule has 22 heavy (non-hydrogen) atoms. The number of carboxylic acids is 1. The summed E-state index contributed by atoms with van der Waals surface area (Å²) in [7, 11) is 1.50. The van der Waals surface area contributed by atoms with Crippen molar-refractivity contribution in [2.45, 2.75) is 38.8 Å². The van der Waals surface area contributed by atoms with Crippen LogP contribution in [0.15, 0.2) is 18.2 Å². The van der Waals surface area contributed by atoms with E-state index >= 15 is 0 Å². The van der Waals surface area contributed by atoms with E-state index < -0.39 is 23.7 Å². The van der Waals surface area contributed by atoms with E-state index in [0.717, 1.165) is 0 Å². The van der Waals surface area contributed by atoms with Crippen molar-refractivity contribution < 1.29 is 24.2 Å². The van der Waals surface area contributed by atoms with Crippen LogP contribution in [0.1, 0.15) is 26.3 Å². The van der Waals surface area contributed by atoms with Crippen LogP contribution < -0.4 is 15.8 Å². The highest BCUT2D eigenvalue weighted by molar-refractivity contribution is 5.86. The average Bonchev–Trinajstić information content (AvgIpc) is 2.38. The fourth-order valence-electron chi connectivity index (χ4n) is 1.73. The zero-order valence-corrected chi connectivity index (χ0v) is 13.2. The van der Waals surface area contributed by atoms with Crippen LogP contribution in [0.5, 0.6) is 5.75 Å². The number of ether oxygens (including phenoxy) is 2. The molecular weight excluding hydrogens is 288 g/mol. The average molecular weight is 310 g/mol. The summed E-state index contributed by atoms with van der Waals surface area (Å²) >= 11 is 0. The number of aliphatic carboxylic acids is 1. The zero-order valence-electron chi connectivity index (χ0n) is 13.2. The highest BCUT2D eigenvalue weighted by atomic mass is 16.6. The van der Waals surface area contributed by atoms with Crippen molar-refractivity contribution in [2.24, 2.45) is 5.73 Å². The van der Waals surface area contributed by atoms with Crippen LogP contribution in [0.4, 0.5) is 10.5 Å². The van der Waals surface area contributed by atoms with Crippen molar-refractivity contribution >= 4 is 17.7 Å². The van der Waals surface area contributed by atoms with Crippen molar-refractivity contribution in [3.63, 3.8) is 0 Å². The van der Waals surface area contributed by atoms with E-state index in [0.29, 0.717) is 17.0 Å². The van der Waals surface area contributed by atoms with Crippen molar-refractivity contribution in [1.82, 2.24) is 0 Å². The molecule has 7 heteroatoms. The van der Waals surface area contributed by atoms with Crippen LogP contribution in [0, 0.1) is 0 Å². The lowest BCUT2D eigenvalue weighted by Gasteiger charge is -2.21. The van der Waals surface area contributed by atoms with Gasteiger partial charge in [-0.15, -0.1) is 0 Å². The molecule has 122 valence electrons. The molecule has 0 aromatic heterocycles. The van der Waals surface area contributed by atoms with E-state index in [1.54, 1.807) is 39.0 Å². The molecule has 1 amide bonds. The van der Waals surface area contributed by atoms with Crippen LogP contribution in [0.2, 0.25) is 0 Å². The Morgan fingerprint density at radius 2 is 2.00 bits per heavy atom. The molecule has 0 bridgehead atoms. The van der Waals surface area contributed by atoms with Gasteiger partial charge in [0.05, 0.1) is 7.11 Å². The highest BCUT2D eigenvalue weighted by Crippen LogP contribution is 2.24. The summed E-state index contributed by atoms with van der Waals surface area (Å²) < 4.78 is 10.3. The van der Waals surface area contributed by atoms with Gasteiger partial charge in [-0.25, -0.2) is 4.79 Å². The summed E-state index contributed by atoms with van der Waals surface area (Å²) in [5, 5.41) is 11.5. The third-order valence-electron chi connectivity index (χ3n) is 2.71. The van der Waals surface area contributed by atoms with Crippen LogP contribution >= 0.6 is 0 Å². The number of hydrogen-bond acceptors (Lipinski definition) is 5. The number of nitrogens with one attached hydrogen (secondary N) is 1. The molecule has 1 unspecified atom stereocenters. The van der Waals surface area contributed by atoms with Crippen molar-refractivity contribution in [3.05, 3.63) is 23.8 Å². The van der Waals surface area contributed by atoms with E-state index in [1.807, 2.05) is 0 Å². The van der Waals surface area contributed by atoms with Crippen LogP contribution in [0.3, 0.4) is 0 Å². The summed E-state index contributed by atoms with van der Waals surface area (Å²) in [4.78, 5) is 22.8. The number of rotatable bonds is 5. The third kappa shape index (κ3) is 5.61. The van der Waals surface area contributed by atoms with E-state index in [4.69, 9.17) is 20.3 Å². The number of amides is 1. The Labute approximate surface area is 129 Å². The molecule has 0 spiro atoms. The molecule has 1 atom stereocenters. The number of carbonyl (C=O) groups excluding carboxylic acids is 1. The van der Waals surface area contributed by atoms with Gasteiger partial charge in [0.15, 0.2) is 0 Å². The quantitative estimate of drug-likeness (QED) is 0.767. The molecule has 7 nitrogen and oxygen atoms in total. The smallest absolute Gasteiger partial charge is 0.412 e. The summed E-state index contributed by atoms with van der Waals surface area (Å²) in [5.41, 5.74) is 5.92. The molecular formula is C15H22N2O5. The van der Waals surface area contributed by atoms with Crippen molar-refractivity contribution in [3.8, 4) is 5.75 Å². The summed E-state index contributed by atoms with van der Waals surface area (Å²) in [6.07, 6.45) is -0.569. The van der Waals surface area contributed by atoms with Crippen molar-refractivity contribution in [2.75, 3.05) is 12.4 Å². The SMILES string of the molecule is COc1ccc(NC(=O)OC(C)(C)C)c(CC(N)C(=O)O)c1. The van der Waals surface area contributed by atoms with Gasteiger partial charge in [0.2, 0.25) is 0 Å². The largest absolute Gasteiger partial charge is 0.497 e. The predicted octanol–water partition coefficient (Wildman–Crippen LogP) is 2.00. The van der Waals surface area contributed by atoms with E-state index in [2.05, 4.69) is 5.32 Å². The van der Waals surface area contributed by atoms with Gasteiger partial charge in [0.25, 0.3) is 0 Å². The minimum absolute atomic E-state index is 0.0532. The molecule has 0 aliphatic heterocycles. The Bertz CT molecular complexity index is 551. The van der Waals surface area contributed by atoms with Crippen molar-refractivity contribution in [1.29, 1.82) is 0 Å². The maximum atomic E-state index is 11.8. The van der Waals surface area contributed by atoms with Crippen LogP contribution in [-0.4, -0.2) is 35.9 Å². The topological polar surface area (TPSA) is 111 Å². The maximum absolute atomic E-state index is 11.8. The van der Waals surface area contributed by atoms with Gasteiger partial charge in [-0.3, -0.25) is 10.1 Å².